The molecule has 0 radical (unpaired) electrons. The summed E-state index contributed by atoms with van der Waals surface area (Å²) in [6.45, 7) is 9.71. The molecule has 37 heavy (non-hydrogen) atoms. The van der Waals surface area contributed by atoms with Gasteiger partial charge in [0.15, 0.2) is 0 Å². The van der Waals surface area contributed by atoms with Gasteiger partial charge in [0.1, 0.15) is 6.61 Å². The van der Waals surface area contributed by atoms with Gasteiger partial charge in [-0.3, -0.25) is 4.79 Å². The predicted octanol–water partition coefficient (Wildman–Crippen LogP) is 8.07. The van der Waals surface area contributed by atoms with Gasteiger partial charge in [0, 0.05) is 5.41 Å². The Morgan fingerprint density at radius 3 is 2.08 bits per heavy atom. The van der Waals surface area contributed by atoms with E-state index in [1.807, 2.05) is 18.2 Å². The number of carbonyl (C=O) groups excluding carboxylic acids is 1. The van der Waals surface area contributed by atoms with Gasteiger partial charge in [-0.05, 0) is 84.0 Å². The molecule has 1 aliphatic rings. The van der Waals surface area contributed by atoms with Gasteiger partial charge in [-0.25, -0.2) is 0 Å². The fourth-order valence-corrected chi connectivity index (χ4v) is 5.99. The van der Waals surface area contributed by atoms with Crippen LogP contribution in [-0.4, -0.2) is 17.2 Å². The van der Waals surface area contributed by atoms with Crippen LogP contribution in [0.4, 0.5) is 0 Å². The maximum absolute atomic E-state index is 10.7. The third-order valence-corrected chi connectivity index (χ3v) is 8.43. The quantitative estimate of drug-likeness (QED) is 0.289. The van der Waals surface area contributed by atoms with Crippen molar-refractivity contribution >= 4 is 12.5 Å². The van der Waals surface area contributed by atoms with Crippen molar-refractivity contribution < 1.29 is 14.6 Å². The maximum Gasteiger partial charge on any atom is 0.293 e. The van der Waals surface area contributed by atoms with Crippen molar-refractivity contribution in [1.82, 2.24) is 0 Å². The van der Waals surface area contributed by atoms with E-state index in [9.17, 15) is 9.90 Å². The molecule has 3 heteroatoms. The first kappa shape index (κ1) is 26.9. The first-order valence-electron chi connectivity index (χ1n) is 13.6. The van der Waals surface area contributed by atoms with E-state index >= 15 is 0 Å². The van der Waals surface area contributed by atoms with Crippen molar-refractivity contribution in [2.24, 2.45) is 0 Å². The molecule has 0 heterocycles. The average molecular weight is 497 g/mol. The SMILES string of the molecule is CCC(CC)(c1ccc(C=CC2(O)CCCC2)c(C)c1)c1ccc(-c2ccc(COC=O)cc2)c(C)c1. The lowest BCUT2D eigenvalue weighted by atomic mass is 9.69. The topological polar surface area (TPSA) is 46.5 Å². The van der Waals surface area contributed by atoms with E-state index in [0.29, 0.717) is 13.1 Å². The van der Waals surface area contributed by atoms with Crippen molar-refractivity contribution in [1.29, 1.82) is 0 Å². The van der Waals surface area contributed by atoms with Crippen LogP contribution >= 0.6 is 0 Å². The van der Waals surface area contributed by atoms with E-state index in [4.69, 9.17) is 4.74 Å². The smallest absolute Gasteiger partial charge is 0.293 e. The van der Waals surface area contributed by atoms with E-state index in [1.165, 1.54) is 33.4 Å². The fourth-order valence-electron chi connectivity index (χ4n) is 5.99. The van der Waals surface area contributed by atoms with Crippen LogP contribution in [0.3, 0.4) is 0 Å². The Kier molecular flexibility index (Phi) is 8.34. The minimum Gasteiger partial charge on any atom is -0.463 e. The molecule has 1 fully saturated rings. The molecular weight excluding hydrogens is 456 g/mol. The minimum atomic E-state index is -0.634. The first-order valence-corrected chi connectivity index (χ1v) is 13.6. The third-order valence-electron chi connectivity index (χ3n) is 8.43. The molecule has 0 saturated heterocycles. The Labute approximate surface area is 222 Å². The molecule has 0 atom stereocenters. The van der Waals surface area contributed by atoms with E-state index < -0.39 is 5.60 Å². The predicted molar refractivity (Wildman–Crippen MR) is 152 cm³/mol. The second-order valence-electron chi connectivity index (χ2n) is 10.6. The number of hydrogen-bond donors (Lipinski definition) is 1. The normalized spacial score (nSPS) is 15.3. The highest BCUT2D eigenvalue weighted by Gasteiger charge is 2.32. The molecular formula is C34H40O3. The first-order chi connectivity index (χ1) is 17.8. The fraction of sp³-hybridized carbons (Fsp3) is 0.382. The molecule has 3 aromatic carbocycles. The number of carbonyl (C=O) groups is 1. The average Bonchev–Trinajstić information content (AvgIpc) is 3.35. The third kappa shape index (κ3) is 5.72. The van der Waals surface area contributed by atoms with Crippen LogP contribution in [0.25, 0.3) is 17.2 Å². The second kappa shape index (κ2) is 11.5. The van der Waals surface area contributed by atoms with Gasteiger partial charge >= 0.3 is 0 Å². The summed E-state index contributed by atoms with van der Waals surface area (Å²) in [6.07, 6.45) is 10.1. The van der Waals surface area contributed by atoms with Gasteiger partial charge in [-0.15, -0.1) is 0 Å². The van der Waals surface area contributed by atoms with Gasteiger partial charge in [0.05, 0.1) is 5.60 Å². The van der Waals surface area contributed by atoms with Gasteiger partial charge < -0.3 is 9.84 Å². The lowest BCUT2D eigenvalue weighted by Crippen LogP contribution is -2.26. The molecule has 1 aliphatic carbocycles. The molecule has 0 aromatic heterocycles. The molecule has 0 unspecified atom stereocenters. The number of aryl methyl sites for hydroxylation is 2. The Hall–Kier alpha value is -3.17. The zero-order chi connectivity index (χ0) is 26.5. The summed E-state index contributed by atoms with van der Waals surface area (Å²) in [7, 11) is 0. The molecule has 3 aromatic rings. The summed E-state index contributed by atoms with van der Waals surface area (Å²) in [4.78, 5) is 10.5. The summed E-state index contributed by atoms with van der Waals surface area (Å²) in [5.41, 5.74) is 9.03. The molecule has 3 nitrogen and oxygen atoms in total. The van der Waals surface area contributed by atoms with Gasteiger partial charge in [-0.1, -0.05) is 99.5 Å². The monoisotopic (exact) mass is 496 g/mol. The van der Waals surface area contributed by atoms with Crippen LogP contribution in [0.1, 0.15) is 85.8 Å². The Balaban J connectivity index is 1.63. The molecule has 1 saturated carbocycles. The largest absolute Gasteiger partial charge is 0.463 e. The van der Waals surface area contributed by atoms with Crippen molar-refractivity contribution in [3.05, 3.63) is 100 Å². The highest BCUT2D eigenvalue weighted by molar-refractivity contribution is 5.68. The Morgan fingerprint density at radius 2 is 1.51 bits per heavy atom. The molecule has 1 N–H and O–H groups in total. The number of ether oxygens (including phenoxy) is 1. The van der Waals surface area contributed by atoms with Crippen LogP contribution in [0.15, 0.2) is 66.7 Å². The number of benzene rings is 3. The zero-order valence-corrected chi connectivity index (χ0v) is 22.7. The van der Waals surface area contributed by atoms with Crippen LogP contribution in [0.5, 0.6) is 0 Å². The maximum atomic E-state index is 10.7. The number of aliphatic hydroxyl groups is 1. The standard InChI is InChI=1S/C34H40O3/c1-5-34(6-2,30-14-13-28(25(3)21-30)17-20-33(36)18-7-8-19-33)31-15-16-32(26(4)22-31)29-11-9-27(10-12-29)23-37-24-35/h9-17,20-22,24,36H,5-8,18-19,23H2,1-4H3. The van der Waals surface area contributed by atoms with Crippen molar-refractivity contribution in [3.63, 3.8) is 0 Å². The molecule has 194 valence electrons. The van der Waals surface area contributed by atoms with E-state index in [1.54, 1.807) is 0 Å². The number of hydrogen-bond acceptors (Lipinski definition) is 3. The van der Waals surface area contributed by atoms with Gasteiger partial charge in [0.2, 0.25) is 0 Å². The lowest BCUT2D eigenvalue weighted by Gasteiger charge is -2.34. The van der Waals surface area contributed by atoms with Crippen LogP contribution in [0.2, 0.25) is 0 Å². The lowest BCUT2D eigenvalue weighted by molar-refractivity contribution is -0.129. The molecule has 0 amide bonds. The highest BCUT2D eigenvalue weighted by Crippen LogP contribution is 2.41. The zero-order valence-electron chi connectivity index (χ0n) is 22.7. The summed E-state index contributed by atoms with van der Waals surface area (Å²) >= 11 is 0. The van der Waals surface area contributed by atoms with Gasteiger partial charge in [-0.2, -0.15) is 0 Å². The Morgan fingerprint density at radius 1 is 0.892 bits per heavy atom. The van der Waals surface area contributed by atoms with E-state index in [-0.39, 0.29) is 5.41 Å². The van der Waals surface area contributed by atoms with Crippen LogP contribution in [-0.2, 0) is 21.6 Å². The molecule has 0 aliphatic heterocycles. The second-order valence-corrected chi connectivity index (χ2v) is 10.6. The molecule has 0 bridgehead atoms. The number of rotatable bonds is 10. The van der Waals surface area contributed by atoms with E-state index in [2.05, 4.69) is 82.3 Å². The summed E-state index contributed by atoms with van der Waals surface area (Å²) in [6, 6.07) is 21.9. The Bertz CT molecular complexity index is 1240. The van der Waals surface area contributed by atoms with Crippen molar-refractivity contribution in [3.8, 4) is 11.1 Å². The molecule has 4 rings (SSSR count). The van der Waals surface area contributed by atoms with Crippen molar-refractivity contribution in [2.45, 2.75) is 83.8 Å². The summed E-state index contributed by atoms with van der Waals surface area (Å²) in [5, 5.41) is 10.7. The van der Waals surface area contributed by atoms with Crippen LogP contribution in [0, 0.1) is 13.8 Å². The summed E-state index contributed by atoms with van der Waals surface area (Å²) in [5.74, 6) is 0. The summed E-state index contributed by atoms with van der Waals surface area (Å²) < 4.78 is 4.87. The minimum absolute atomic E-state index is 0.0595. The van der Waals surface area contributed by atoms with E-state index in [0.717, 1.165) is 49.7 Å². The highest BCUT2D eigenvalue weighted by atomic mass is 16.5. The van der Waals surface area contributed by atoms with Gasteiger partial charge in [0.25, 0.3) is 6.47 Å². The van der Waals surface area contributed by atoms with Crippen LogP contribution < -0.4 is 0 Å². The van der Waals surface area contributed by atoms with Crippen molar-refractivity contribution in [2.75, 3.05) is 0 Å². The molecule has 0 spiro atoms.